The summed E-state index contributed by atoms with van der Waals surface area (Å²) < 4.78 is 5.11. The molecule has 0 aromatic heterocycles. The van der Waals surface area contributed by atoms with Gasteiger partial charge in [-0.25, -0.2) is 0 Å². The van der Waals surface area contributed by atoms with Crippen LogP contribution in [0.1, 0.15) is 28.8 Å². The third-order valence-electron chi connectivity index (χ3n) is 3.80. The first-order valence-corrected chi connectivity index (χ1v) is 6.90. The van der Waals surface area contributed by atoms with Crippen LogP contribution < -0.4 is 10.1 Å². The van der Waals surface area contributed by atoms with E-state index in [1.807, 2.05) is 0 Å². The summed E-state index contributed by atoms with van der Waals surface area (Å²) in [6, 6.07) is 2.65. The van der Waals surface area contributed by atoms with Crippen LogP contribution in [0.2, 0.25) is 5.02 Å². The Bertz CT molecular complexity index is 659. The molecule has 1 N–H and O–H groups in total. The molecule has 1 aromatic carbocycles. The summed E-state index contributed by atoms with van der Waals surface area (Å²) in [5.41, 5.74) is 1.25. The molecule has 1 unspecified atom stereocenters. The van der Waals surface area contributed by atoms with E-state index in [9.17, 15) is 14.4 Å². The van der Waals surface area contributed by atoms with Gasteiger partial charge in [0.2, 0.25) is 11.8 Å². The van der Waals surface area contributed by atoms with Gasteiger partial charge in [-0.05, 0) is 24.1 Å². The SMILES string of the molecule is COc1cc2c(cc1Cl)CN(C1CCC(=O)NC1=O)C2=O. The minimum atomic E-state index is -0.618. The third-order valence-corrected chi connectivity index (χ3v) is 4.09. The van der Waals surface area contributed by atoms with Gasteiger partial charge in [0.15, 0.2) is 0 Å². The van der Waals surface area contributed by atoms with E-state index in [-0.39, 0.29) is 18.2 Å². The average molecular weight is 309 g/mol. The number of piperidine rings is 1. The summed E-state index contributed by atoms with van der Waals surface area (Å²) in [4.78, 5) is 37.0. The highest BCUT2D eigenvalue weighted by atomic mass is 35.5. The second-order valence-corrected chi connectivity index (χ2v) is 5.45. The Kier molecular flexibility index (Phi) is 3.33. The van der Waals surface area contributed by atoms with Crippen LogP contribution >= 0.6 is 11.6 Å². The Balaban J connectivity index is 1.90. The molecule has 0 aliphatic carbocycles. The summed E-state index contributed by atoms with van der Waals surface area (Å²) in [5.74, 6) is -0.543. The topological polar surface area (TPSA) is 75.7 Å². The largest absolute Gasteiger partial charge is 0.495 e. The molecule has 2 aliphatic rings. The van der Waals surface area contributed by atoms with E-state index in [0.29, 0.717) is 29.3 Å². The quantitative estimate of drug-likeness (QED) is 0.830. The van der Waals surface area contributed by atoms with Gasteiger partial charge in [0.25, 0.3) is 5.91 Å². The zero-order chi connectivity index (χ0) is 15.1. The Morgan fingerprint density at radius 1 is 1.33 bits per heavy atom. The predicted molar refractivity (Wildman–Crippen MR) is 74.0 cm³/mol. The van der Waals surface area contributed by atoms with Crippen molar-refractivity contribution in [1.29, 1.82) is 0 Å². The number of halogens is 1. The van der Waals surface area contributed by atoms with E-state index in [2.05, 4.69) is 5.32 Å². The normalized spacial score (nSPS) is 21.3. The van der Waals surface area contributed by atoms with Gasteiger partial charge < -0.3 is 9.64 Å². The number of hydrogen-bond donors (Lipinski definition) is 1. The number of benzene rings is 1. The van der Waals surface area contributed by atoms with Gasteiger partial charge in [-0.15, -0.1) is 0 Å². The molecule has 1 atom stereocenters. The van der Waals surface area contributed by atoms with Gasteiger partial charge >= 0.3 is 0 Å². The Morgan fingerprint density at radius 2 is 2.10 bits per heavy atom. The number of carbonyl (C=O) groups is 3. The third kappa shape index (κ3) is 2.25. The van der Waals surface area contributed by atoms with Crippen molar-refractivity contribution in [3.8, 4) is 5.75 Å². The monoisotopic (exact) mass is 308 g/mol. The molecule has 2 aliphatic heterocycles. The van der Waals surface area contributed by atoms with E-state index in [1.54, 1.807) is 12.1 Å². The van der Waals surface area contributed by atoms with Gasteiger partial charge in [0.1, 0.15) is 11.8 Å². The van der Waals surface area contributed by atoms with Crippen LogP contribution in [-0.2, 0) is 16.1 Å². The predicted octanol–water partition coefficient (Wildman–Crippen LogP) is 1.11. The van der Waals surface area contributed by atoms with E-state index >= 15 is 0 Å². The molecule has 3 amide bonds. The Labute approximate surface area is 126 Å². The molecule has 0 spiro atoms. The van der Waals surface area contributed by atoms with Crippen molar-refractivity contribution >= 4 is 29.3 Å². The van der Waals surface area contributed by atoms with Crippen LogP contribution in [0.25, 0.3) is 0 Å². The number of fused-ring (bicyclic) bond motifs is 1. The summed E-state index contributed by atoms with van der Waals surface area (Å²) in [6.45, 7) is 0.310. The smallest absolute Gasteiger partial charge is 0.255 e. The second-order valence-electron chi connectivity index (χ2n) is 5.04. The molecule has 2 heterocycles. The number of nitrogens with zero attached hydrogens (tertiary/aromatic N) is 1. The molecule has 1 fully saturated rings. The molecule has 3 rings (SSSR count). The van der Waals surface area contributed by atoms with Crippen molar-refractivity contribution in [1.82, 2.24) is 10.2 Å². The summed E-state index contributed by atoms with van der Waals surface area (Å²) in [7, 11) is 1.48. The summed E-state index contributed by atoms with van der Waals surface area (Å²) in [5, 5.41) is 2.69. The number of nitrogens with one attached hydrogen (secondary N) is 1. The fourth-order valence-electron chi connectivity index (χ4n) is 2.72. The fourth-order valence-corrected chi connectivity index (χ4v) is 2.99. The van der Waals surface area contributed by atoms with Crippen molar-refractivity contribution in [3.05, 3.63) is 28.3 Å². The molecular formula is C14H13ClN2O4. The van der Waals surface area contributed by atoms with Crippen LogP contribution in [0.4, 0.5) is 0 Å². The van der Waals surface area contributed by atoms with Gasteiger partial charge in [-0.2, -0.15) is 0 Å². The number of rotatable bonds is 2. The minimum Gasteiger partial charge on any atom is -0.495 e. The number of methoxy groups -OCH3 is 1. The zero-order valence-electron chi connectivity index (χ0n) is 11.3. The van der Waals surface area contributed by atoms with Crippen molar-refractivity contribution in [2.75, 3.05) is 7.11 Å². The lowest BCUT2D eigenvalue weighted by atomic mass is 10.0. The van der Waals surface area contributed by atoms with Crippen LogP contribution in [-0.4, -0.2) is 35.8 Å². The lowest BCUT2D eigenvalue weighted by Gasteiger charge is -2.29. The number of carbonyl (C=O) groups excluding carboxylic acids is 3. The van der Waals surface area contributed by atoms with Crippen molar-refractivity contribution in [3.63, 3.8) is 0 Å². The zero-order valence-corrected chi connectivity index (χ0v) is 12.1. The van der Waals surface area contributed by atoms with Gasteiger partial charge in [-0.1, -0.05) is 11.6 Å². The highest BCUT2D eigenvalue weighted by Crippen LogP contribution is 2.34. The van der Waals surface area contributed by atoms with E-state index in [1.165, 1.54) is 12.0 Å². The number of ether oxygens (including phenoxy) is 1. The van der Waals surface area contributed by atoms with Crippen LogP contribution in [0.15, 0.2) is 12.1 Å². The van der Waals surface area contributed by atoms with Gasteiger partial charge in [0.05, 0.1) is 12.1 Å². The fraction of sp³-hybridized carbons (Fsp3) is 0.357. The van der Waals surface area contributed by atoms with Gasteiger partial charge in [0, 0.05) is 18.5 Å². The number of amides is 3. The van der Waals surface area contributed by atoms with E-state index in [4.69, 9.17) is 16.3 Å². The average Bonchev–Trinajstić information content (AvgIpc) is 2.74. The molecule has 6 nitrogen and oxygen atoms in total. The molecule has 110 valence electrons. The minimum absolute atomic E-state index is 0.237. The first-order chi connectivity index (χ1) is 10.0. The second kappa shape index (κ2) is 5.04. The molecule has 0 radical (unpaired) electrons. The van der Waals surface area contributed by atoms with Crippen LogP contribution in [0, 0.1) is 0 Å². The highest BCUT2D eigenvalue weighted by Gasteiger charge is 2.39. The standard InChI is InChI=1S/C14H13ClN2O4/c1-21-11-5-8-7(4-9(11)15)6-17(14(8)20)10-2-3-12(18)16-13(10)19/h4-5,10H,2-3,6H2,1H3,(H,16,18,19). The number of hydrogen-bond acceptors (Lipinski definition) is 4. The Hall–Kier alpha value is -2.08. The molecule has 0 bridgehead atoms. The van der Waals surface area contributed by atoms with Crippen LogP contribution in [0.5, 0.6) is 5.75 Å². The van der Waals surface area contributed by atoms with Crippen LogP contribution in [0.3, 0.4) is 0 Å². The highest BCUT2D eigenvalue weighted by molar-refractivity contribution is 6.32. The first kappa shape index (κ1) is 13.9. The van der Waals surface area contributed by atoms with E-state index < -0.39 is 11.9 Å². The first-order valence-electron chi connectivity index (χ1n) is 6.52. The lowest BCUT2D eigenvalue weighted by Crippen LogP contribution is -2.52. The lowest BCUT2D eigenvalue weighted by molar-refractivity contribution is -0.136. The molecule has 1 saturated heterocycles. The summed E-state index contributed by atoms with van der Waals surface area (Å²) in [6.07, 6.45) is 0.579. The van der Waals surface area contributed by atoms with E-state index in [0.717, 1.165) is 5.56 Å². The maximum absolute atomic E-state index is 12.5. The molecule has 21 heavy (non-hydrogen) atoms. The molecule has 1 aromatic rings. The van der Waals surface area contributed by atoms with Crippen molar-refractivity contribution in [2.24, 2.45) is 0 Å². The van der Waals surface area contributed by atoms with Crippen molar-refractivity contribution in [2.45, 2.75) is 25.4 Å². The molecule has 0 saturated carbocycles. The Morgan fingerprint density at radius 3 is 2.76 bits per heavy atom. The number of imide groups is 1. The molecule has 7 heteroatoms. The molecular weight excluding hydrogens is 296 g/mol. The maximum Gasteiger partial charge on any atom is 0.255 e. The summed E-state index contributed by atoms with van der Waals surface area (Å²) >= 11 is 6.06. The van der Waals surface area contributed by atoms with Crippen molar-refractivity contribution < 1.29 is 19.1 Å². The van der Waals surface area contributed by atoms with Gasteiger partial charge in [-0.3, -0.25) is 19.7 Å². The maximum atomic E-state index is 12.5.